The molecule has 2 rings (SSSR count). The van der Waals surface area contributed by atoms with Gasteiger partial charge in [0.2, 0.25) is 5.96 Å². The number of nitrogens with two attached hydrogens (primary N) is 3. The fourth-order valence-corrected chi connectivity index (χ4v) is 2.10. The van der Waals surface area contributed by atoms with E-state index in [1.807, 2.05) is 25.1 Å². The maximum Gasteiger partial charge on any atom is 0.223 e. The molecule has 1 aromatic carbocycles. The van der Waals surface area contributed by atoms with Gasteiger partial charge >= 0.3 is 0 Å². The van der Waals surface area contributed by atoms with Crippen LogP contribution in [0.3, 0.4) is 0 Å². The van der Waals surface area contributed by atoms with Crippen molar-refractivity contribution >= 4 is 28.6 Å². The third-order valence-corrected chi connectivity index (χ3v) is 2.86. The summed E-state index contributed by atoms with van der Waals surface area (Å²) in [6, 6.07) is 5.71. The Hall–Kier alpha value is -2.57. The molecule has 0 atom stereocenters. The van der Waals surface area contributed by atoms with E-state index < -0.39 is 0 Å². The van der Waals surface area contributed by atoms with Crippen LogP contribution in [0.1, 0.15) is 19.2 Å². The predicted octanol–water partition coefficient (Wildman–Crippen LogP) is 0.974. The van der Waals surface area contributed by atoms with Gasteiger partial charge in [0.25, 0.3) is 0 Å². The van der Waals surface area contributed by atoms with E-state index in [-0.39, 0.29) is 11.9 Å². The Labute approximate surface area is 117 Å². The van der Waals surface area contributed by atoms with Crippen molar-refractivity contribution < 1.29 is 0 Å². The Morgan fingerprint density at radius 3 is 2.70 bits per heavy atom. The van der Waals surface area contributed by atoms with Crippen LogP contribution in [0.2, 0.25) is 0 Å². The molecule has 106 valence electrons. The van der Waals surface area contributed by atoms with Crippen molar-refractivity contribution in [2.75, 3.05) is 0 Å². The highest BCUT2D eigenvalue weighted by Crippen LogP contribution is 2.22. The molecule has 0 fully saturated rings. The summed E-state index contributed by atoms with van der Waals surface area (Å²) < 4.78 is 2.18. The van der Waals surface area contributed by atoms with Crippen molar-refractivity contribution in [3.63, 3.8) is 0 Å². The van der Waals surface area contributed by atoms with Crippen molar-refractivity contribution in [1.82, 2.24) is 9.55 Å². The number of hydrogen-bond acceptors (Lipinski definition) is 2. The summed E-state index contributed by atoms with van der Waals surface area (Å²) in [5, 5.41) is 0. The van der Waals surface area contributed by atoms with E-state index in [0.29, 0.717) is 5.69 Å². The Kier molecular flexibility index (Phi) is 3.88. The van der Waals surface area contributed by atoms with Crippen LogP contribution >= 0.6 is 0 Å². The number of aliphatic imine (C=N–C) groups is 2. The standard InChI is InChI=1S/C13H19N7/c1-3-6-20-8(2)17-10-7-9(4-5-11(10)20)18-13(16)19-12(14)15/h4-5,7H,3,6H2,1-2H3,(H6,14,15,16,18,19). The van der Waals surface area contributed by atoms with E-state index in [1.165, 1.54) is 0 Å². The monoisotopic (exact) mass is 273 g/mol. The summed E-state index contributed by atoms with van der Waals surface area (Å²) in [5.74, 6) is 0.893. The van der Waals surface area contributed by atoms with Crippen LogP contribution in [0.5, 0.6) is 0 Å². The molecule has 1 aromatic heterocycles. The molecular weight excluding hydrogens is 254 g/mol. The molecule has 20 heavy (non-hydrogen) atoms. The minimum absolute atomic E-state index is 0.0223. The first kappa shape index (κ1) is 13.9. The fraction of sp³-hybridized carbons (Fsp3) is 0.308. The molecule has 0 aliphatic rings. The smallest absolute Gasteiger partial charge is 0.223 e. The van der Waals surface area contributed by atoms with Crippen molar-refractivity contribution in [2.24, 2.45) is 27.2 Å². The highest BCUT2D eigenvalue weighted by molar-refractivity contribution is 5.94. The van der Waals surface area contributed by atoms with E-state index in [4.69, 9.17) is 17.2 Å². The van der Waals surface area contributed by atoms with Gasteiger partial charge in [0.05, 0.1) is 16.7 Å². The van der Waals surface area contributed by atoms with Gasteiger partial charge in [0, 0.05) is 6.54 Å². The number of aryl methyl sites for hydroxylation is 2. The topological polar surface area (TPSA) is 121 Å². The molecule has 0 saturated carbocycles. The molecular formula is C13H19N7. The van der Waals surface area contributed by atoms with Crippen LogP contribution in [-0.2, 0) is 6.54 Å². The zero-order valence-electron chi connectivity index (χ0n) is 11.7. The highest BCUT2D eigenvalue weighted by Gasteiger charge is 2.07. The maximum atomic E-state index is 5.61. The average Bonchev–Trinajstić information content (AvgIpc) is 2.64. The number of nitrogens with zero attached hydrogens (tertiary/aromatic N) is 4. The quantitative estimate of drug-likeness (QED) is 0.570. The number of guanidine groups is 2. The lowest BCUT2D eigenvalue weighted by molar-refractivity contribution is 0.676. The SMILES string of the molecule is CCCn1c(C)nc2cc(N=C(N)N=C(N)N)ccc21. The molecule has 7 heteroatoms. The van der Waals surface area contributed by atoms with Gasteiger partial charge in [-0.25, -0.2) is 9.98 Å². The fourth-order valence-electron chi connectivity index (χ4n) is 2.10. The Bertz CT molecular complexity index is 677. The average molecular weight is 273 g/mol. The Morgan fingerprint density at radius 1 is 1.30 bits per heavy atom. The van der Waals surface area contributed by atoms with Crippen LogP contribution in [0, 0.1) is 6.92 Å². The van der Waals surface area contributed by atoms with Gasteiger partial charge in [-0.05, 0) is 31.5 Å². The molecule has 2 aromatic rings. The number of benzene rings is 1. The van der Waals surface area contributed by atoms with Gasteiger partial charge in [-0.2, -0.15) is 4.99 Å². The van der Waals surface area contributed by atoms with Crippen molar-refractivity contribution in [1.29, 1.82) is 0 Å². The summed E-state index contributed by atoms with van der Waals surface area (Å²) in [4.78, 5) is 12.3. The van der Waals surface area contributed by atoms with E-state index in [1.54, 1.807) is 0 Å². The molecule has 0 aliphatic heterocycles. The lowest BCUT2D eigenvalue weighted by Gasteiger charge is -2.04. The first-order valence-electron chi connectivity index (χ1n) is 6.42. The lowest BCUT2D eigenvalue weighted by Crippen LogP contribution is -2.26. The Morgan fingerprint density at radius 2 is 2.05 bits per heavy atom. The molecule has 0 bridgehead atoms. The minimum Gasteiger partial charge on any atom is -0.370 e. The summed E-state index contributed by atoms with van der Waals surface area (Å²) in [6.07, 6.45) is 1.06. The molecule has 6 N–H and O–H groups in total. The van der Waals surface area contributed by atoms with E-state index >= 15 is 0 Å². The molecule has 0 spiro atoms. The number of imidazole rings is 1. The third kappa shape index (κ3) is 2.87. The molecule has 0 saturated heterocycles. The molecule has 1 heterocycles. The second-order valence-corrected chi connectivity index (χ2v) is 4.49. The van der Waals surface area contributed by atoms with Crippen LogP contribution in [0.25, 0.3) is 11.0 Å². The van der Waals surface area contributed by atoms with Gasteiger partial charge in [0.15, 0.2) is 5.96 Å². The number of fused-ring (bicyclic) bond motifs is 1. The van der Waals surface area contributed by atoms with Gasteiger partial charge in [0.1, 0.15) is 5.82 Å². The predicted molar refractivity (Wildman–Crippen MR) is 81.9 cm³/mol. The minimum atomic E-state index is -0.115. The zero-order chi connectivity index (χ0) is 14.7. The lowest BCUT2D eigenvalue weighted by atomic mass is 10.2. The largest absolute Gasteiger partial charge is 0.370 e. The highest BCUT2D eigenvalue weighted by atomic mass is 15.1. The summed E-state index contributed by atoms with van der Waals surface area (Å²) in [6.45, 7) is 5.08. The van der Waals surface area contributed by atoms with Gasteiger partial charge in [-0.15, -0.1) is 0 Å². The number of aromatic nitrogens is 2. The van der Waals surface area contributed by atoms with Crippen LogP contribution in [0.4, 0.5) is 5.69 Å². The summed E-state index contributed by atoms with van der Waals surface area (Å²) in [7, 11) is 0. The van der Waals surface area contributed by atoms with Crippen molar-refractivity contribution in [3.8, 4) is 0 Å². The number of hydrogen-bond donors (Lipinski definition) is 3. The molecule has 0 amide bonds. The molecule has 0 unspecified atom stereocenters. The molecule has 0 radical (unpaired) electrons. The summed E-state index contributed by atoms with van der Waals surface area (Å²) >= 11 is 0. The first-order valence-corrected chi connectivity index (χ1v) is 6.42. The van der Waals surface area contributed by atoms with Gasteiger partial charge < -0.3 is 21.8 Å². The second-order valence-electron chi connectivity index (χ2n) is 4.49. The van der Waals surface area contributed by atoms with Crippen molar-refractivity contribution in [2.45, 2.75) is 26.8 Å². The Balaban J connectivity index is 2.43. The van der Waals surface area contributed by atoms with E-state index in [9.17, 15) is 0 Å². The first-order chi connectivity index (χ1) is 9.51. The third-order valence-electron chi connectivity index (χ3n) is 2.86. The molecule has 7 nitrogen and oxygen atoms in total. The van der Waals surface area contributed by atoms with E-state index in [0.717, 1.165) is 29.8 Å². The van der Waals surface area contributed by atoms with Crippen LogP contribution < -0.4 is 17.2 Å². The molecule has 0 aliphatic carbocycles. The van der Waals surface area contributed by atoms with Crippen molar-refractivity contribution in [3.05, 3.63) is 24.0 Å². The second kappa shape index (κ2) is 5.60. The van der Waals surface area contributed by atoms with Crippen LogP contribution in [0.15, 0.2) is 28.2 Å². The zero-order valence-corrected chi connectivity index (χ0v) is 11.7. The van der Waals surface area contributed by atoms with Gasteiger partial charge in [-0.1, -0.05) is 6.92 Å². The number of rotatable bonds is 3. The normalized spacial score (nSPS) is 11.8. The van der Waals surface area contributed by atoms with Gasteiger partial charge in [-0.3, -0.25) is 0 Å². The summed E-state index contributed by atoms with van der Waals surface area (Å²) in [5.41, 5.74) is 18.7. The van der Waals surface area contributed by atoms with Crippen LogP contribution in [-0.4, -0.2) is 21.5 Å². The van der Waals surface area contributed by atoms with E-state index in [2.05, 4.69) is 26.5 Å². The maximum absolute atomic E-state index is 5.61.